The third-order valence-electron chi connectivity index (χ3n) is 12.3. The van der Waals surface area contributed by atoms with Crippen molar-refractivity contribution >= 4 is 5.97 Å². The summed E-state index contributed by atoms with van der Waals surface area (Å²) in [6.07, 6.45) is 74.6. The van der Waals surface area contributed by atoms with Crippen LogP contribution in [0, 0.1) is 0 Å². The Labute approximate surface area is 451 Å². The van der Waals surface area contributed by atoms with Gasteiger partial charge in [0, 0.05) is 13.0 Å². The standard InChI is InChI=1S/C65H104O9/c1-3-5-7-9-11-13-15-17-19-21-23-25-27-29-31-33-35-37-39-41-43-45-47-49-51-53-55-71-57-59(58-72-65-64(70)63(69)62(68)60(56-66)74-65)73-61(67)54-52-50-48-46-44-42-40-38-36-34-32-30-28-26-24-22-20-18-16-14-12-10-8-6-4-2/h5-8,11-14,17-20,23-26,29-32,36,38,42,44,59-60,62-66,68-70H,3-4,9-10,15-16,21-22,27-28,33-35,37,39-41,43,45-58H2,1-2H3/b7-5-,8-6-,13-11-,14-12-,19-17-,20-18-,25-23-,26-24-,31-29-,32-30-,38-36-,44-42-. The molecule has 0 spiro atoms. The maximum Gasteiger partial charge on any atom is 0.306 e. The minimum Gasteiger partial charge on any atom is -0.457 e. The Morgan fingerprint density at radius 1 is 0.432 bits per heavy atom. The molecule has 0 aromatic carbocycles. The highest BCUT2D eigenvalue weighted by atomic mass is 16.7. The van der Waals surface area contributed by atoms with Gasteiger partial charge < -0.3 is 39.4 Å². The number of hydrogen-bond acceptors (Lipinski definition) is 9. The Kier molecular flexibility index (Phi) is 49.6. The molecule has 6 unspecified atom stereocenters. The van der Waals surface area contributed by atoms with Gasteiger partial charge in [0.25, 0.3) is 0 Å². The van der Waals surface area contributed by atoms with E-state index in [1.807, 2.05) is 0 Å². The highest BCUT2D eigenvalue weighted by Gasteiger charge is 2.44. The number of carbonyl (C=O) groups is 1. The number of rotatable bonds is 48. The Morgan fingerprint density at radius 3 is 1.18 bits per heavy atom. The van der Waals surface area contributed by atoms with Crippen molar-refractivity contribution in [3.8, 4) is 0 Å². The molecule has 9 nitrogen and oxygen atoms in total. The van der Waals surface area contributed by atoms with Crippen molar-refractivity contribution in [2.24, 2.45) is 0 Å². The molecule has 1 aliphatic rings. The number of allylic oxidation sites excluding steroid dienone is 24. The average Bonchev–Trinajstić information content (AvgIpc) is 3.40. The zero-order valence-electron chi connectivity index (χ0n) is 46.3. The highest BCUT2D eigenvalue weighted by Crippen LogP contribution is 2.23. The van der Waals surface area contributed by atoms with E-state index in [4.69, 9.17) is 18.9 Å². The quantitative estimate of drug-likeness (QED) is 0.0267. The van der Waals surface area contributed by atoms with Crippen LogP contribution in [0.3, 0.4) is 0 Å². The van der Waals surface area contributed by atoms with Crippen molar-refractivity contribution in [1.29, 1.82) is 0 Å². The van der Waals surface area contributed by atoms with Crippen molar-refractivity contribution in [2.75, 3.05) is 26.4 Å². The lowest BCUT2D eigenvalue weighted by Gasteiger charge is -2.39. The minimum atomic E-state index is -1.56. The lowest BCUT2D eigenvalue weighted by Crippen LogP contribution is -2.59. The molecule has 0 aliphatic carbocycles. The van der Waals surface area contributed by atoms with Crippen molar-refractivity contribution in [3.63, 3.8) is 0 Å². The van der Waals surface area contributed by atoms with E-state index < -0.39 is 43.4 Å². The molecule has 0 radical (unpaired) electrons. The van der Waals surface area contributed by atoms with Gasteiger partial charge in [-0.05, 0) is 116 Å². The summed E-state index contributed by atoms with van der Waals surface area (Å²) < 4.78 is 22.9. The van der Waals surface area contributed by atoms with Gasteiger partial charge in [-0.15, -0.1) is 0 Å². The van der Waals surface area contributed by atoms with Crippen LogP contribution in [0.25, 0.3) is 0 Å². The molecule has 1 saturated heterocycles. The summed E-state index contributed by atoms with van der Waals surface area (Å²) in [5.41, 5.74) is 0. The first-order valence-corrected chi connectivity index (χ1v) is 28.9. The first kappa shape index (κ1) is 68.1. The van der Waals surface area contributed by atoms with Gasteiger partial charge in [-0.3, -0.25) is 4.79 Å². The van der Waals surface area contributed by atoms with Crippen LogP contribution in [-0.4, -0.2) is 89.6 Å². The van der Waals surface area contributed by atoms with E-state index in [-0.39, 0.29) is 25.6 Å². The molecule has 1 aliphatic heterocycles. The number of carbonyl (C=O) groups excluding carboxylic acids is 1. The van der Waals surface area contributed by atoms with Crippen molar-refractivity contribution in [1.82, 2.24) is 0 Å². The Morgan fingerprint density at radius 2 is 0.784 bits per heavy atom. The summed E-state index contributed by atoms with van der Waals surface area (Å²) in [7, 11) is 0. The molecule has 0 bridgehead atoms. The van der Waals surface area contributed by atoms with Crippen LogP contribution in [0.15, 0.2) is 146 Å². The summed E-state index contributed by atoms with van der Waals surface area (Å²) in [5.74, 6) is -0.352. The SMILES string of the molecule is CC/C=C\C/C=C\C/C=C\C/C=C\C/C=C\C/C=C\C/C=C\CCCCCC(=O)OC(COCCCCCCCCCCCC/C=C\C/C=C\C/C=C\C/C=C\C/C=C\CC)COC1OC(CO)C(O)C(O)C1O. The highest BCUT2D eigenvalue weighted by molar-refractivity contribution is 5.69. The van der Waals surface area contributed by atoms with Crippen molar-refractivity contribution in [3.05, 3.63) is 146 Å². The summed E-state index contributed by atoms with van der Waals surface area (Å²) in [5, 5.41) is 40.4. The van der Waals surface area contributed by atoms with Gasteiger partial charge in [0.2, 0.25) is 0 Å². The van der Waals surface area contributed by atoms with Gasteiger partial charge in [-0.2, -0.15) is 0 Å². The van der Waals surface area contributed by atoms with E-state index >= 15 is 0 Å². The van der Waals surface area contributed by atoms with Gasteiger partial charge in [0.05, 0.1) is 19.8 Å². The summed E-state index contributed by atoms with van der Waals surface area (Å²) >= 11 is 0. The summed E-state index contributed by atoms with van der Waals surface area (Å²) in [4.78, 5) is 12.9. The van der Waals surface area contributed by atoms with Gasteiger partial charge in [-0.1, -0.05) is 217 Å². The van der Waals surface area contributed by atoms with Gasteiger partial charge in [-0.25, -0.2) is 0 Å². The van der Waals surface area contributed by atoms with E-state index in [0.717, 1.165) is 122 Å². The number of ether oxygens (including phenoxy) is 4. The zero-order chi connectivity index (χ0) is 53.5. The molecule has 1 rings (SSSR count). The second-order valence-corrected chi connectivity index (χ2v) is 19.0. The summed E-state index contributed by atoms with van der Waals surface area (Å²) in [6.45, 7) is 4.26. The fraction of sp³-hybridized carbons (Fsp3) is 0.615. The summed E-state index contributed by atoms with van der Waals surface area (Å²) in [6, 6.07) is 0. The fourth-order valence-corrected chi connectivity index (χ4v) is 7.85. The second kappa shape index (κ2) is 53.9. The van der Waals surface area contributed by atoms with Crippen LogP contribution in [0.1, 0.15) is 194 Å². The molecule has 6 atom stereocenters. The topological polar surface area (TPSA) is 135 Å². The molecule has 0 aromatic rings. The van der Waals surface area contributed by atoms with Crippen LogP contribution in [0.4, 0.5) is 0 Å². The van der Waals surface area contributed by atoms with E-state index in [2.05, 4.69) is 160 Å². The number of unbranched alkanes of at least 4 members (excludes halogenated alkanes) is 13. The lowest BCUT2D eigenvalue weighted by atomic mass is 9.99. The van der Waals surface area contributed by atoms with E-state index in [9.17, 15) is 25.2 Å². The first-order chi connectivity index (χ1) is 36.4. The van der Waals surface area contributed by atoms with Crippen LogP contribution in [0.5, 0.6) is 0 Å². The number of hydrogen-bond donors (Lipinski definition) is 4. The van der Waals surface area contributed by atoms with Gasteiger partial charge >= 0.3 is 5.97 Å². The van der Waals surface area contributed by atoms with Crippen molar-refractivity contribution < 1.29 is 44.2 Å². The molecule has 9 heteroatoms. The number of aliphatic hydroxyl groups is 4. The van der Waals surface area contributed by atoms with E-state index in [1.165, 1.54) is 44.9 Å². The minimum absolute atomic E-state index is 0.117. The molecule has 0 aromatic heterocycles. The second-order valence-electron chi connectivity index (χ2n) is 19.0. The van der Waals surface area contributed by atoms with E-state index in [0.29, 0.717) is 13.0 Å². The van der Waals surface area contributed by atoms with Crippen molar-refractivity contribution in [2.45, 2.75) is 230 Å². The first-order valence-electron chi connectivity index (χ1n) is 28.9. The lowest BCUT2D eigenvalue weighted by molar-refractivity contribution is -0.305. The normalized spacial score (nSPS) is 19.7. The molecule has 0 amide bonds. The smallest absolute Gasteiger partial charge is 0.306 e. The molecule has 0 saturated carbocycles. The zero-order valence-corrected chi connectivity index (χ0v) is 46.3. The largest absolute Gasteiger partial charge is 0.457 e. The molecule has 74 heavy (non-hydrogen) atoms. The number of aliphatic hydroxyl groups excluding tert-OH is 4. The van der Waals surface area contributed by atoms with Crippen LogP contribution in [-0.2, 0) is 23.7 Å². The monoisotopic (exact) mass is 1030 g/mol. The molecule has 1 fully saturated rings. The molecule has 418 valence electrons. The maximum atomic E-state index is 12.9. The molecule has 1 heterocycles. The molecular formula is C65H104O9. The third-order valence-corrected chi connectivity index (χ3v) is 12.3. The van der Waals surface area contributed by atoms with Gasteiger partial charge in [0.15, 0.2) is 6.29 Å². The van der Waals surface area contributed by atoms with E-state index in [1.54, 1.807) is 0 Å². The fourth-order valence-electron chi connectivity index (χ4n) is 7.85. The predicted molar refractivity (Wildman–Crippen MR) is 311 cm³/mol. The van der Waals surface area contributed by atoms with Crippen LogP contribution in [0.2, 0.25) is 0 Å². The molecule has 4 N–H and O–H groups in total. The average molecular weight is 1030 g/mol. The van der Waals surface area contributed by atoms with Crippen LogP contribution >= 0.6 is 0 Å². The van der Waals surface area contributed by atoms with Crippen LogP contribution < -0.4 is 0 Å². The van der Waals surface area contributed by atoms with Gasteiger partial charge in [0.1, 0.15) is 30.5 Å². The Balaban J connectivity index is 2.22. The third kappa shape index (κ3) is 43.3. The predicted octanol–water partition coefficient (Wildman–Crippen LogP) is 15.4. The molecular weight excluding hydrogens is 925 g/mol. The Hall–Kier alpha value is -3.93. The maximum absolute atomic E-state index is 12.9. The number of esters is 1. The Bertz CT molecular complexity index is 1640.